The molecule has 1 spiro atoms. The topological polar surface area (TPSA) is 38.7 Å². The zero-order chi connectivity index (χ0) is 38.1. The highest BCUT2D eigenvalue weighted by Crippen LogP contribution is 2.61. The Hall–Kier alpha value is -6.45. The van der Waals surface area contributed by atoms with Gasteiger partial charge < -0.3 is 0 Å². The lowest BCUT2D eigenvalue weighted by atomic mass is 9.67. The lowest BCUT2D eigenvalue weighted by Gasteiger charge is -2.36. The predicted octanol–water partition coefficient (Wildman–Crippen LogP) is 13.7. The molecule has 0 atom stereocenters. The maximum atomic E-state index is 5.09. The monoisotopic (exact) mass is 733 g/mol. The lowest BCUT2D eigenvalue weighted by Crippen LogP contribution is -2.28. The number of fused-ring (bicyclic) bond motifs is 8. The molecule has 0 saturated heterocycles. The maximum absolute atomic E-state index is 5.09. The number of benzene rings is 7. The summed E-state index contributed by atoms with van der Waals surface area (Å²) in [6.07, 6.45) is 6.28. The number of hydrogen-bond donors (Lipinski definition) is 0. The van der Waals surface area contributed by atoms with E-state index in [1.807, 2.05) is 24.3 Å². The van der Waals surface area contributed by atoms with Crippen molar-refractivity contribution in [2.75, 3.05) is 0 Å². The van der Waals surface area contributed by atoms with Gasteiger partial charge in [0.1, 0.15) is 0 Å². The van der Waals surface area contributed by atoms with Crippen molar-refractivity contribution in [1.29, 1.82) is 0 Å². The minimum atomic E-state index is -0.0496. The van der Waals surface area contributed by atoms with E-state index in [2.05, 4.69) is 153 Å². The molecule has 7 aromatic carbocycles. The van der Waals surface area contributed by atoms with Gasteiger partial charge in [-0.25, -0.2) is 15.0 Å². The van der Waals surface area contributed by atoms with E-state index in [4.69, 9.17) is 15.0 Å². The minimum absolute atomic E-state index is 0.0496. The normalized spacial score (nSPS) is 15.5. The van der Waals surface area contributed by atoms with Gasteiger partial charge in [0.05, 0.1) is 0 Å². The molecule has 1 fully saturated rings. The van der Waals surface area contributed by atoms with Crippen LogP contribution in [-0.4, -0.2) is 15.0 Å². The summed E-state index contributed by atoms with van der Waals surface area (Å²) in [5.41, 5.74) is 19.4. The second kappa shape index (κ2) is 13.1. The highest BCUT2D eigenvalue weighted by molar-refractivity contribution is 5.96. The first kappa shape index (κ1) is 33.9. The molecule has 0 aliphatic heterocycles. The van der Waals surface area contributed by atoms with Crippen LogP contribution in [0.3, 0.4) is 0 Å². The molecular weight excluding hydrogens is 691 g/mol. The molecule has 0 radical (unpaired) electrons. The summed E-state index contributed by atoms with van der Waals surface area (Å²) in [5.74, 6) is 2.00. The van der Waals surface area contributed by atoms with Crippen molar-refractivity contribution in [3.05, 3.63) is 186 Å². The van der Waals surface area contributed by atoms with Crippen LogP contribution < -0.4 is 0 Å². The molecule has 274 valence electrons. The van der Waals surface area contributed by atoms with Gasteiger partial charge in [0.15, 0.2) is 17.5 Å². The second-order valence-electron chi connectivity index (χ2n) is 16.7. The Kier molecular flexibility index (Phi) is 7.76. The number of nitrogens with zero attached hydrogens (tertiary/aromatic N) is 3. The van der Waals surface area contributed by atoms with Crippen molar-refractivity contribution in [2.24, 2.45) is 0 Å². The van der Waals surface area contributed by atoms with Crippen molar-refractivity contribution >= 4 is 0 Å². The van der Waals surface area contributed by atoms with Crippen molar-refractivity contribution in [3.63, 3.8) is 0 Å². The van der Waals surface area contributed by atoms with E-state index in [1.54, 1.807) is 0 Å². The van der Waals surface area contributed by atoms with Crippen LogP contribution >= 0.6 is 0 Å². The second-order valence-corrected chi connectivity index (χ2v) is 16.7. The summed E-state index contributed by atoms with van der Waals surface area (Å²) in [4.78, 5) is 15.1. The average molecular weight is 734 g/mol. The molecule has 11 rings (SSSR count). The summed E-state index contributed by atoms with van der Waals surface area (Å²) in [7, 11) is 0. The Balaban J connectivity index is 1.01. The third-order valence-electron chi connectivity index (χ3n) is 13.2. The molecule has 0 unspecified atom stereocenters. The molecule has 8 aromatic rings. The van der Waals surface area contributed by atoms with Gasteiger partial charge in [-0.15, -0.1) is 0 Å². The van der Waals surface area contributed by atoms with Crippen molar-refractivity contribution < 1.29 is 0 Å². The van der Waals surface area contributed by atoms with Crippen LogP contribution in [0.5, 0.6) is 0 Å². The van der Waals surface area contributed by atoms with Gasteiger partial charge >= 0.3 is 0 Å². The fourth-order valence-electron chi connectivity index (χ4n) is 10.3. The molecule has 3 heteroatoms. The largest absolute Gasteiger partial charge is 0.208 e. The zero-order valence-electron chi connectivity index (χ0n) is 32.5. The van der Waals surface area contributed by atoms with Gasteiger partial charge in [0.25, 0.3) is 0 Å². The van der Waals surface area contributed by atoms with E-state index in [-0.39, 0.29) is 10.8 Å². The van der Waals surface area contributed by atoms with Crippen molar-refractivity contribution in [1.82, 2.24) is 15.0 Å². The smallest absolute Gasteiger partial charge is 0.164 e. The van der Waals surface area contributed by atoms with Crippen molar-refractivity contribution in [3.8, 4) is 78.7 Å². The molecular formula is C54H43N3. The van der Waals surface area contributed by atoms with E-state index in [0.29, 0.717) is 17.5 Å². The molecule has 0 N–H and O–H groups in total. The minimum Gasteiger partial charge on any atom is -0.208 e. The highest BCUT2D eigenvalue weighted by Gasteiger charge is 2.47. The molecule has 3 aliphatic rings. The molecule has 3 nitrogen and oxygen atoms in total. The van der Waals surface area contributed by atoms with Crippen LogP contribution in [0.25, 0.3) is 78.7 Å². The average Bonchev–Trinajstić information content (AvgIpc) is 3.67. The predicted molar refractivity (Wildman–Crippen MR) is 234 cm³/mol. The Labute approximate surface area is 335 Å². The van der Waals surface area contributed by atoms with Gasteiger partial charge in [0, 0.05) is 27.5 Å². The number of rotatable bonds is 5. The summed E-state index contributed by atoms with van der Waals surface area (Å²) in [5, 5.41) is 0. The first-order chi connectivity index (χ1) is 28.0. The van der Waals surface area contributed by atoms with Crippen LogP contribution in [0.15, 0.2) is 164 Å². The van der Waals surface area contributed by atoms with E-state index in [1.165, 1.54) is 93.3 Å². The van der Waals surface area contributed by atoms with Crippen LogP contribution in [0.4, 0.5) is 0 Å². The quantitative estimate of drug-likeness (QED) is 0.177. The molecule has 1 aromatic heterocycles. The summed E-state index contributed by atoms with van der Waals surface area (Å²) < 4.78 is 0. The molecule has 57 heavy (non-hydrogen) atoms. The van der Waals surface area contributed by atoms with E-state index < -0.39 is 0 Å². The number of aromatic nitrogens is 3. The lowest BCUT2D eigenvalue weighted by molar-refractivity contribution is 0.353. The van der Waals surface area contributed by atoms with E-state index in [9.17, 15) is 0 Å². The maximum Gasteiger partial charge on any atom is 0.164 e. The first-order valence-corrected chi connectivity index (χ1v) is 20.5. The third-order valence-corrected chi connectivity index (χ3v) is 13.2. The first-order valence-electron chi connectivity index (χ1n) is 20.5. The Morgan fingerprint density at radius 2 is 0.825 bits per heavy atom. The zero-order valence-corrected chi connectivity index (χ0v) is 32.5. The van der Waals surface area contributed by atoms with Gasteiger partial charge in [-0.2, -0.15) is 0 Å². The highest BCUT2D eigenvalue weighted by atomic mass is 15.0. The van der Waals surface area contributed by atoms with Crippen LogP contribution in [0, 0.1) is 0 Å². The Morgan fingerprint density at radius 3 is 1.47 bits per heavy atom. The molecule has 3 aliphatic carbocycles. The molecule has 1 heterocycles. The molecule has 0 amide bonds. The SMILES string of the molecule is CC1(C)c2ccccc2-c2cc3c(cc21)-c1c(-c2ccc(-c4nc(-c5ccccc5)nc(-c5ccc(-c6ccccc6)cc5)n4)cc2)cccc1C31CCCCC1. The van der Waals surface area contributed by atoms with Gasteiger partial charge in [0.2, 0.25) is 0 Å². The van der Waals surface area contributed by atoms with Crippen LogP contribution in [0.2, 0.25) is 0 Å². The van der Waals surface area contributed by atoms with Crippen LogP contribution in [-0.2, 0) is 10.8 Å². The fourth-order valence-corrected chi connectivity index (χ4v) is 10.3. The van der Waals surface area contributed by atoms with Gasteiger partial charge in [-0.05, 0) is 91.7 Å². The molecule has 0 bridgehead atoms. The summed E-state index contributed by atoms with van der Waals surface area (Å²) in [6.45, 7) is 4.80. The number of hydrogen-bond acceptors (Lipinski definition) is 3. The standard InChI is InChI=1S/C54H43N3/c1-53(2)45-21-11-10-19-42(45)43-33-48-44(34-47(43)53)49-41(20-14-22-46(49)54(48)31-12-5-13-32-54)37-25-29-40(30-26-37)52-56-50(38-17-8-4-9-18-38)55-51(57-52)39-27-23-36(24-28-39)35-15-6-3-7-16-35/h3-4,6-11,14-30,33-34H,5,12-13,31-32H2,1-2H3. The molecule has 1 saturated carbocycles. The third kappa shape index (κ3) is 5.36. The Morgan fingerprint density at radius 1 is 0.351 bits per heavy atom. The van der Waals surface area contributed by atoms with E-state index >= 15 is 0 Å². The summed E-state index contributed by atoms with van der Waals surface area (Å²) in [6, 6.07) is 59.4. The fraction of sp³-hybridized carbons (Fsp3) is 0.167. The van der Waals surface area contributed by atoms with Gasteiger partial charge in [-0.3, -0.25) is 0 Å². The van der Waals surface area contributed by atoms with Crippen LogP contribution in [0.1, 0.15) is 68.2 Å². The summed E-state index contributed by atoms with van der Waals surface area (Å²) >= 11 is 0. The van der Waals surface area contributed by atoms with Crippen molar-refractivity contribution in [2.45, 2.75) is 56.8 Å². The Bertz CT molecular complexity index is 2810. The van der Waals surface area contributed by atoms with Gasteiger partial charge in [-0.1, -0.05) is 185 Å². The van der Waals surface area contributed by atoms with E-state index in [0.717, 1.165) is 22.3 Å².